The van der Waals surface area contributed by atoms with Crippen molar-refractivity contribution in [2.75, 3.05) is 7.11 Å². The first kappa shape index (κ1) is 12.0. The molecule has 1 heterocycles. The van der Waals surface area contributed by atoms with Gasteiger partial charge in [0, 0.05) is 20.1 Å². The summed E-state index contributed by atoms with van der Waals surface area (Å²) in [5.41, 5.74) is 1.40. The normalized spacial score (nSPS) is 11.7. The van der Waals surface area contributed by atoms with Crippen LogP contribution in [-0.4, -0.2) is 7.11 Å². The van der Waals surface area contributed by atoms with Crippen molar-refractivity contribution in [1.82, 2.24) is 0 Å². The Bertz CT molecular complexity index is 324. The smallest absolute Gasteiger partial charge is 0.195 e. The van der Waals surface area contributed by atoms with Gasteiger partial charge in [-0.1, -0.05) is 13.8 Å². The highest BCUT2D eigenvalue weighted by atomic mass is 16.5. The maximum absolute atomic E-state index is 11.5. The second-order valence-electron chi connectivity index (χ2n) is 3.74. The zero-order chi connectivity index (χ0) is 11.5. The van der Waals surface area contributed by atoms with Crippen LogP contribution in [-0.2, 0) is 10.3 Å². The van der Waals surface area contributed by atoms with Gasteiger partial charge in [0.05, 0.1) is 11.2 Å². The first-order chi connectivity index (χ1) is 7.11. The molecule has 1 aromatic heterocycles. The number of ether oxygens (including phenoxy) is 1. The van der Waals surface area contributed by atoms with E-state index in [1.807, 2.05) is 13.0 Å². The topological polar surface area (TPSA) is 36.2 Å². The van der Waals surface area contributed by atoms with Gasteiger partial charge in [-0.05, 0) is 18.9 Å². The Balaban J connectivity index is 3.28. The maximum atomic E-state index is 11.5. The molecule has 3 heteroatoms. The molecule has 0 atom stereocenters. The molecular weight excluding hydrogens is 190 g/mol. The van der Waals surface area contributed by atoms with Gasteiger partial charge in [-0.15, -0.1) is 0 Å². The Morgan fingerprint density at radius 2 is 2.00 bits per heavy atom. The van der Waals surface area contributed by atoms with Crippen molar-refractivity contribution in [1.29, 1.82) is 0 Å². The summed E-state index contributed by atoms with van der Waals surface area (Å²) in [4.78, 5) is 0. The molecular formula is C12H19NO2. The Morgan fingerprint density at radius 1 is 1.40 bits per heavy atom. The van der Waals surface area contributed by atoms with Crippen LogP contribution in [0.4, 0.5) is 0 Å². The molecule has 15 heavy (non-hydrogen) atoms. The van der Waals surface area contributed by atoms with Gasteiger partial charge in [-0.2, -0.15) is 4.73 Å². The molecule has 0 saturated carbocycles. The highest BCUT2D eigenvalue weighted by Gasteiger charge is 2.32. The fourth-order valence-corrected chi connectivity index (χ4v) is 2.08. The van der Waals surface area contributed by atoms with Crippen molar-refractivity contribution in [3.63, 3.8) is 0 Å². The van der Waals surface area contributed by atoms with Crippen molar-refractivity contribution in [2.24, 2.45) is 0 Å². The lowest BCUT2D eigenvalue weighted by atomic mass is 9.87. The molecule has 0 aliphatic heterocycles. The zero-order valence-electron chi connectivity index (χ0n) is 9.91. The van der Waals surface area contributed by atoms with Crippen molar-refractivity contribution >= 4 is 0 Å². The monoisotopic (exact) mass is 209 g/mol. The molecule has 0 aliphatic rings. The molecule has 0 aromatic carbocycles. The number of nitrogens with zero attached hydrogens (tertiary/aromatic N) is 1. The minimum atomic E-state index is -0.322. The van der Waals surface area contributed by atoms with E-state index in [9.17, 15) is 5.21 Å². The third-order valence-electron chi connectivity index (χ3n) is 3.23. The van der Waals surface area contributed by atoms with Crippen LogP contribution in [0.15, 0.2) is 18.3 Å². The van der Waals surface area contributed by atoms with Gasteiger partial charge >= 0.3 is 0 Å². The summed E-state index contributed by atoms with van der Waals surface area (Å²) in [6.45, 7) is 5.99. The average molecular weight is 209 g/mol. The lowest BCUT2D eigenvalue weighted by Gasteiger charge is -2.30. The van der Waals surface area contributed by atoms with Crippen molar-refractivity contribution < 1.29 is 9.47 Å². The fourth-order valence-electron chi connectivity index (χ4n) is 2.08. The van der Waals surface area contributed by atoms with Gasteiger partial charge in [0.1, 0.15) is 0 Å². The molecule has 0 amide bonds. The van der Waals surface area contributed by atoms with Gasteiger partial charge in [0.25, 0.3) is 0 Å². The molecule has 3 nitrogen and oxygen atoms in total. The van der Waals surface area contributed by atoms with E-state index in [1.54, 1.807) is 13.2 Å². The van der Waals surface area contributed by atoms with Crippen LogP contribution in [0.5, 0.6) is 0 Å². The van der Waals surface area contributed by atoms with Crippen molar-refractivity contribution in [3.8, 4) is 0 Å². The molecule has 1 aromatic rings. The number of hydrogen-bond donors (Lipinski definition) is 0. The summed E-state index contributed by atoms with van der Waals surface area (Å²) in [6.07, 6.45) is 3.25. The standard InChI is InChI=1S/C12H19NO2/c1-5-12(6-2,15-4)11-8-7-9-13(14)10(11)3/h7-9H,5-6H2,1-4H3. The summed E-state index contributed by atoms with van der Waals surface area (Å²) in [6, 6.07) is 3.74. The molecule has 0 radical (unpaired) electrons. The van der Waals surface area contributed by atoms with Crippen molar-refractivity contribution in [2.45, 2.75) is 39.2 Å². The lowest BCUT2D eigenvalue weighted by Crippen LogP contribution is -2.36. The maximum Gasteiger partial charge on any atom is 0.195 e. The molecule has 0 spiro atoms. The van der Waals surface area contributed by atoms with E-state index < -0.39 is 0 Å². The summed E-state index contributed by atoms with van der Waals surface area (Å²) in [7, 11) is 1.70. The number of methoxy groups -OCH3 is 1. The third-order valence-corrected chi connectivity index (χ3v) is 3.23. The number of hydrogen-bond acceptors (Lipinski definition) is 2. The Kier molecular flexibility index (Phi) is 3.69. The molecule has 0 aliphatic carbocycles. The van der Waals surface area contributed by atoms with Crippen LogP contribution < -0.4 is 4.73 Å². The average Bonchev–Trinajstić information content (AvgIpc) is 2.27. The van der Waals surface area contributed by atoms with E-state index in [0.29, 0.717) is 0 Å². The predicted molar refractivity (Wildman–Crippen MR) is 59.4 cm³/mol. The predicted octanol–water partition coefficient (Wildman–Crippen LogP) is 2.29. The SMILES string of the molecule is CCC(CC)(OC)c1ccc[n+]([O-])c1C. The number of aromatic nitrogens is 1. The molecule has 0 fully saturated rings. The van der Waals surface area contributed by atoms with Gasteiger partial charge < -0.3 is 9.94 Å². The Hall–Kier alpha value is -1.09. The van der Waals surface area contributed by atoms with Crippen LogP contribution in [0.1, 0.15) is 37.9 Å². The molecule has 0 N–H and O–H groups in total. The van der Waals surface area contributed by atoms with Gasteiger partial charge in [0.2, 0.25) is 0 Å². The van der Waals surface area contributed by atoms with Gasteiger partial charge in [0.15, 0.2) is 11.9 Å². The summed E-state index contributed by atoms with van der Waals surface area (Å²) in [5.74, 6) is 0. The first-order valence-corrected chi connectivity index (χ1v) is 5.35. The Morgan fingerprint density at radius 3 is 2.47 bits per heavy atom. The minimum absolute atomic E-state index is 0.322. The molecule has 0 unspecified atom stereocenters. The molecule has 0 saturated heterocycles. The summed E-state index contributed by atoms with van der Waals surface area (Å²) < 4.78 is 6.50. The van der Waals surface area contributed by atoms with Crippen LogP contribution in [0, 0.1) is 12.1 Å². The van der Waals surface area contributed by atoms with Gasteiger partial charge in [-0.3, -0.25) is 0 Å². The first-order valence-electron chi connectivity index (χ1n) is 5.35. The van der Waals surface area contributed by atoms with E-state index in [0.717, 1.165) is 28.8 Å². The van der Waals surface area contributed by atoms with Crippen LogP contribution >= 0.6 is 0 Å². The quantitative estimate of drug-likeness (QED) is 0.563. The molecule has 84 valence electrons. The van der Waals surface area contributed by atoms with E-state index in [2.05, 4.69) is 13.8 Å². The number of pyridine rings is 1. The van der Waals surface area contributed by atoms with E-state index >= 15 is 0 Å². The van der Waals surface area contributed by atoms with E-state index in [1.165, 1.54) is 6.20 Å². The van der Waals surface area contributed by atoms with Gasteiger partial charge in [-0.25, -0.2) is 0 Å². The second kappa shape index (κ2) is 4.62. The third kappa shape index (κ3) is 1.97. The van der Waals surface area contributed by atoms with Crippen molar-refractivity contribution in [3.05, 3.63) is 34.8 Å². The summed E-state index contributed by atoms with van der Waals surface area (Å²) in [5, 5.41) is 11.5. The zero-order valence-corrected chi connectivity index (χ0v) is 9.91. The van der Waals surface area contributed by atoms with Crippen LogP contribution in [0.25, 0.3) is 0 Å². The number of rotatable bonds is 4. The van der Waals surface area contributed by atoms with E-state index in [-0.39, 0.29) is 5.60 Å². The molecule has 0 bridgehead atoms. The minimum Gasteiger partial charge on any atom is -0.619 e. The largest absolute Gasteiger partial charge is 0.619 e. The molecule has 1 rings (SSSR count). The van der Waals surface area contributed by atoms with E-state index in [4.69, 9.17) is 4.74 Å². The summed E-state index contributed by atoms with van der Waals surface area (Å²) >= 11 is 0. The second-order valence-corrected chi connectivity index (χ2v) is 3.74. The Labute approximate surface area is 91.3 Å². The van der Waals surface area contributed by atoms with Crippen LogP contribution in [0.2, 0.25) is 0 Å². The fraction of sp³-hybridized carbons (Fsp3) is 0.583. The lowest BCUT2D eigenvalue weighted by molar-refractivity contribution is -0.613. The highest BCUT2D eigenvalue weighted by molar-refractivity contribution is 5.23. The van der Waals surface area contributed by atoms with Crippen LogP contribution in [0.3, 0.4) is 0 Å². The highest BCUT2D eigenvalue weighted by Crippen LogP contribution is 2.33.